The second-order valence-electron chi connectivity index (χ2n) is 8.48. The topological polar surface area (TPSA) is 24.1 Å². The van der Waals surface area contributed by atoms with E-state index in [1.807, 2.05) is 0 Å². The quantitative estimate of drug-likeness (QED) is 0.745. The van der Waals surface area contributed by atoms with Crippen LogP contribution in [0.2, 0.25) is 0 Å². The Bertz CT molecular complexity index is 302. The molecule has 1 saturated heterocycles. The SMILES string of the molecule is CC1(C)CNC(C23CC4CC(CC(C4)C2)C3)CN1. The van der Waals surface area contributed by atoms with Gasteiger partial charge in [0.2, 0.25) is 0 Å². The van der Waals surface area contributed by atoms with Gasteiger partial charge >= 0.3 is 0 Å². The second kappa shape index (κ2) is 3.73. The molecule has 0 aromatic carbocycles. The van der Waals surface area contributed by atoms with E-state index in [0.717, 1.165) is 30.3 Å². The Kier molecular flexibility index (Phi) is 2.43. The first-order valence-electron chi connectivity index (χ1n) is 8.03. The molecule has 2 heteroatoms. The van der Waals surface area contributed by atoms with Crippen molar-refractivity contribution in [2.75, 3.05) is 13.1 Å². The van der Waals surface area contributed by atoms with E-state index in [2.05, 4.69) is 24.5 Å². The molecule has 0 aromatic rings. The van der Waals surface area contributed by atoms with Crippen LogP contribution in [0.25, 0.3) is 0 Å². The minimum atomic E-state index is 0.290. The van der Waals surface area contributed by atoms with Gasteiger partial charge in [0.25, 0.3) is 0 Å². The molecule has 18 heavy (non-hydrogen) atoms. The molecule has 0 radical (unpaired) electrons. The lowest BCUT2D eigenvalue weighted by atomic mass is 9.47. The maximum Gasteiger partial charge on any atom is 0.0250 e. The van der Waals surface area contributed by atoms with Crippen molar-refractivity contribution in [2.24, 2.45) is 23.2 Å². The zero-order valence-electron chi connectivity index (χ0n) is 12.0. The first kappa shape index (κ1) is 11.7. The van der Waals surface area contributed by atoms with Crippen LogP contribution in [0.3, 0.4) is 0 Å². The Balaban J connectivity index is 1.54. The Morgan fingerprint density at radius 1 is 0.889 bits per heavy atom. The Morgan fingerprint density at radius 2 is 1.44 bits per heavy atom. The standard InChI is InChI=1S/C16H28N2/c1-15(2)10-17-14(9-18-15)16-6-11-3-12(7-16)5-13(4-11)8-16/h11-14,17-18H,3-10H2,1-2H3. The maximum absolute atomic E-state index is 3.90. The molecule has 1 aliphatic heterocycles. The average Bonchev–Trinajstić information content (AvgIpc) is 2.26. The lowest BCUT2D eigenvalue weighted by molar-refractivity contribution is -0.0787. The fourth-order valence-corrected chi connectivity index (χ4v) is 5.93. The van der Waals surface area contributed by atoms with Crippen molar-refractivity contribution in [3.05, 3.63) is 0 Å². The molecule has 1 atom stereocenters. The average molecular weight is 248 g/mol. The third-order valence-corrected chi connectivity index (χ3v) is 6.40. The van der Waals surface area contributed by atoms with Gasteiger partial charge in [-0.3, -0.25) is 0 Å². The third-order valence-electron chi connectivity index (χ3n) is 6.40. The normalized spacial score (nSPS) is 53.7. The summed E-state index contributed by atoms with van der Waals surface area (Å²) in [6.45, 7) is 6.96. The Morgan fingerprint density at radius 3 is 1.89 bits per heavy atom. The summed E-state index contributed by atoms with van der Waals surface area (Å²) < 4.78 is 0. The highest BCUT2D eigenvalue weighted by Gasteiger charge is 2.54. The van der Waals surface area contributed by atoms with Gasteiger partial charge in [-0.1, -0.05) is 0 Å². The molecular weight excluding hydrogens is 220 g/mol. The number of rotatable bonds is 1. The van der Waals surface area contributed by atoms with Crippen LogP contribution in [0.4, 0.5) is 0 Å². The first-order chi connectivity index (χ1) is 8.55. The molecule has 5 fully saturated rings. The molecular formula is C16H28N2. The number of nitrogens with one attached hydrogen (secondary N) is 2. The summed E-state index contributed by atoms with van der Waals surface area (Å²) in [5.74, 6) is 3.23. The van der Waals surface area contributed by atoms with E-state index < -0.39 is 0 Å². The molecule has 4 bridgehead atoms. The van der Waals surface area contributed by atoms with Gasteiger partial charge in [0, 0.05) is 24.7 Å². The number of piperazine rings is 1. The molecule has 102 valence electrons. The molecule has 5 aliphatic rings. The van der Waals surface area contributed by atoms with Gasteiger partial charge in [-0.2, -0.15) is 0 Å². The molecule has 4 aliphatic carbocycles. The monoisotopic (exact) mass is 248 g/mol. The molecule has 4 saturated carbocycles. The van der Waals surface area contributed by atoms with E-state index in [4.69, 9.17) is 0 Å². The first-order valence-corrected chi connectivity index (χ1v) is 8.03. The fourth-order valence-electron chi connectivity index (χ4n) is 5.93. The zero-order chi connectivity index (χ0) is 12.4. The molecule has 0 aromatic heterocycles. The minimum absolute atomic E-state index is 0.290. The van der Waals surface area contributed by atoms with E-state index in [1.54, 1.807) is 19.3 Å². The zero-order valence-corrected chi connectivity index (χ0v) is 12.0. The van der Waals surface area contributed by atoms with Crippen LogP contribution in [-0.2, 0) is 0 Å². The summed E-state index contributed by atoms with van der Waals surface area (Å²) in [5, 5.41) is 7.67. The highest BCUT2D eigenvalue weighted by atomic mass is 15.1. The van der Waals surface area contributed by atoms with Gasteiger partial charge in [-0.15, -0.1) is 0 Å². The van der Waals surface area contributed by atoms with E-state index in [1.165, 1.54) is 25.8 Å². The smallest absolute Gasteiger partial charge is 0.0250 e. The predicted molar refractivity (Wildman–Crippen MR) is 74.5 cm³/mol. The predicted octanol–water partition coefficient (Wildman–Crippen LogP) is 2.54. The Hall–Kier alpha value is -0.0800. The number of hydrogen-bond acceptors (Lipinski definition) is 2. The molecule has 0 amide bonds. The van der Waals surface area contributed by atoms with Gasteiger partial charge in [0.05, 0.1) is 0 Å². The summed E-state index contributed by atoms with van der Waals surface area (Å²) in [6.07, 6.45) is 9.26. The van der Waals surface area contributed by atoms with Gasteiger partial charge < -0.3 is 10.6 Å². The largest absolute Gasteiger partial charge is 0.310 e. The minimum Gasteiger partial charge on any atom is -0.310 e. The molecule has 1 unspecified atom stereocenters. The highest BCUT2D eigenvalue weighted by molar-refractivity contribution is 5.08. The van der Waals surface area contributed by atoms with Crippen LogP contribution in [0.1, 0.15) is 52.4 Å². The summed E-state index contributed by atoms with van der Waals surface area (Å²) in [6, 6.07) is 0.749. The van der Waals surface area contributed by atoms with Crippen LogP contribution >= 0.6 is 0 Å². The van der Waals surface area contributed by atoms with Crippen LogP contribution in [-0.4, -0.2) is 24.7 Å². The molecule has 1 heterocycles. The lowest BCUT2D eigenvalue weighted by Crippen LogP contribution is -2.67. The van der Waals surface area contributed by atoms with Gasteiger partial charge in [-0.25, -0.2) is 0 Å². The summed E-state index contributed by atoms with van der Waals surface area (Å²) in [4.78, 5) is 0. The van der Waals surface area contributed by atoms with Crippen LogP contribution in [0, 0.1) is 23.2 Å². The van der Waals surface area contributed by atoms with Crippen molar-refractivity contribution in [3.63, 3.8) is 0 Å². The van der Waals surface area contributed by atoms with Crippen molar-refractivity contribution in [1.82, 2.24) is 10.6 Å². The molecule has 2 nitrogen and oxygen atoms in total. The Labute approximate surface area is 111 Å². The van der Waals surface area contributed by atoms with E-state index in [-0.39, 0.29) is 0 Å². The van der Waals surface area contributed by atoms with Crippen molar-refractivity contribution in [2.45, 2.75) is 64.0 Å². The summed E-state index contributed by atoms with van der Waals surface area (Å²) >= 11 is 0. The van der Waals surface area contributed by atoms with Crippen molar-refractivity contribution in [3.8, 4) is 0 Å². The van der Waals surface area contributed by atoms with Crippen LogP contribution in [0.5, 0.6) is 0 Å². The van der Waals surface area contributed by atoms with Crippen molar-refractivity contribution < 1.29 is 0 Å². The fraction of sp³-hybridized carbons (Fsp3) is 1.00. The van der Waals surface area contributed by atoms with Gasteiger partial charge in [-0.05, 0) is 75.5 Å². The lowest BCUT2D eigenvalue weighted by Gasteiger charge is -2.61. The van der Waals surface area contributed by atoms with E-state index >= 15 is 0 Å². The highest BCUT2D eigenvalue weighted by Crippen LogP contribution is 2.61. The van der Waals surface area contributed by atoms with Gasteiger partial charge in [0.1, 0.15) is 0 Å². The van der Waals surface area contributed by atoms with Crippen molar-refractivity contribution in [1.29, 1.82) is 0 Å². The van der Waals surface area contributed by atoms with E-state index in [9.17, 15) is 0 Å². The summed E-state index contributed by atoms with van der Waals surface area (Å²) in [5.41, 5.74) is 0.955. The van der Waals surface area contributed by atoms with Gasteiger partial charge in [0.15, 0.2) is 0 Å². The van der Waals surface area contributed by atoms with Crippen molar-refractivity contribution >= 4 is 0 Å². The second-order valence-corrected chi connectivity index (χ2v) is 8.48. The molecule has 2 N–H and O–H groups in total. The van der Waals surface area contributed by atoms with Crippen LogP contribution < -0.4 is 10.6 Å². The molecule has 0 spiro atoms. The maximum atomic E-state index is 3.90. The van der Waals surface area contributed by atoms with Crippen LogP contribution in [0.15, 0.2) is 0 Å². The summed E-state index contributed by atoms with van der Waals surface area (Å²) in [7, 11) is 0. The number of hydrogen-bond donors (Lipinski definition) is 2. The third kappa shape index (κ3) is 1.76. The molecule has 5 rings (SSSR count). The van der Waals surface area contributed by atoms with E-state index in [0.29, 0.717) is 11.0 Å².